The first-order valence-electron chi connectivity index (χ1n) is 8.25. The topological polar surface area (TPSA) is 46.9 Å². The lowest BCUT2D eigenvalue weighted by Gasteiger charge is -2.07. The highest BCUT2D eigenvalue weighted by atomic mass is 79.9. The van der Waals surface area contributed by atoms with Crippen molar-refractivity contribution in [3.8, 4) is 5.69 Å². The third-order valence-corrected chi connectivity index (χ3v) is 5.56. The Kier molecular flexibility index (Phi) is 5.84. The number of amides is 1. The molecule has 0 aliphatic rings. The van der Waals surface area contributed by atoms with Gasteiger partial charge in [0.1, 0.15) is 0 Å². The molecule has 134 valence electrons. The number of hydrogen-bond acceptors (Lipinski definition) is 3. The highest BCUT2D eigenvalue weighted by molar-refractivity contribution is 9.10. The smallest absolute Gasteiger partial charge is 0.234 e. The van der Waals surface area contributed by atoms with Crippen LogP contribution < -0.4 is 5.32 Å². The van der Waals surface area contributed by atoms with E-state index >= 15 is 0 Å². The van der Waals surface area contributed by atoms with Gasteiger partial charge in [-0.05, 0) is 57.2 Å². The Hall–Kier alpha value is -2.05. The van der Waals surface area contributed by atoms with Gasteiger partial charge in [0.2, 0.25) is 5.91 Å². The molecular weight excluding hydrogens is 410 g/mol. The molecule has 6 heteroatoms. The zero-order valence-corrected chi connectivity index (χ0v) is 17.3. The predicted molar refractivity (Wildman–Crippen MR) is 111 cm³/mol. The molecule has 26 heavy (non-hydrogen) atoms. The summed E-state index contributed by atoms with van der Waals surface area (Å²) >= 11 is 4.93. The second kappa shape index (κ2) is 8.10. The summed E-state index contributed by atoms with van der Waals surface area (Å²) in [5.41, 5.74) is 4.71. The number of nitrogens with zero attached hydrogens (tertiary/aromatic N) is 2. The number of hydrogen-bond donors (Lipinski definition) is 1. The fourth-order valence-corrected chi connectivity index (χ4v) is 3.58. The number of thioether (sulfide) groups is 1. The third kappa shape index (κ3) is 4.37. The Bertz CT molecular complexity index is 917. The van der Waals surface area contributed by atoms with Crippen molar-refractivity contribution in [3.63, 3.8) is 0 Å². The Balaban J connectivity index is 1.70. The van der Waals surface area contributed by atoms with Gasteiger partial charge in [-0.25, -0.2) is 4.68 Å². The lowest BCUT2D eigenvalue weighted by Crippen LogP contribution is -2.15. The Labute approximate surface area is 166 Å². The lowest BCUT2D eigenvalue weighted by molar-refractivity contribution is -0.113. The highest BCUT2D eigenvalue weighted by Gasteiger charge is 2.15. The average Bonchev–Trinajstić information content (AvgIpc) is 2.90. The van der Waals surface area contributed by atoms with Crippen LogP contribution in [0, 0.1) is 20.8 Å². The van der Waals surface area contributed by atoms with E-state index in [1.165, 1.54) is 17.3 Å². The number of aryl methyl sites for hydroxylation is 2. The zero-order valence-electron chi connectivity index (χ0n) is 14.9. The Morgan fingerprint density at radius 2 is 1.73 bits per heavy atom. The summed E-state index contributed by atoms with van der Waals surface area (Å²) in [6.07, 6.45) is 0. The quantitative estimate of drug-likeness (QED) is 0.560. The van der Waals surface area contributed by atoms with Gasteiger partial charge in [-0.2, -0.15) is 5.10 Å². The standard InChI is InChI=1S/C20H20BrN3OS/c1-13-4-8-17(9-5-13)24-15(3)20(14(2)23-24)22-19(25)12-26-18-10-6-16(21)7-11-18/h4-11H,12H2,1-3H3,(H,22,25). The summed E-state index contributed by atoms with van der Waals surface area (Å²) in [6.45, 7) is 5.94. The van der Waals surface area contributed by atoms with Gasteiger partial charge in [-0.1, -0.05) is 33.6 Å². The van der Waals surface area contributed by atoms with E-state index in [-0.39, 0.29) is 5.91 Å². The van der Waals surface area contributed by atoms with Crippen LogP contribution in [0.1, 0.15) is 17.0 Å². The number of carbonyl (C=O) groups is 1. The first-order chi connectivity index (χ1) is 12.4. The van der Waals surface area contributed by atoms with Crippen LogP contribution in [0.4, 0.5) is 5.69 Å². The lowest BCUT2D eigenvalue weighted by atomic mass is 10.2. The predicted octanol–water partition coefficient (Wildman–Crippen LogP) is 5.29. The minimum atomic E-state index is -0.0347. The third-order valence-electron chi connectivity index (χ3n) is 4.02. The monoisotopic (exact) mass is 429 g/mol. The normalized spacial score (nSPS) is 10.8. The van der Waals surface area contributed by atoms with Crippen LogP contribution in [-0.2, 0) is 4.79 Å². The molecule has 0 atom stereocenters. The van der Waals surface area contributed by atoms with E-state index in [0.717, 1.165) is 32.1 Å². The molecule has 1 N–H and O–H groups in total. The molecule has 0 spiro atoms. The van der Waals surface area contributed by atoms with Crippen molar-refractivity contribution in [2.75, 3.05) is 11.1 Å². The molecule has 1 heterocycles. The van der Waals surface area contributed by atoms with Gasteiger partial charge in [0.05, 0.1) is 28.5 Å². The maximum Gasteiger partial charge on any atom is 0.234 e. The van der Waals surface area contributed by atoms with Gasteiger partial charge >= 0.3 is 0 Å². The summed E-state index contributed by atoms with van der Waals surface area (Å²) in [7, 11) is 0. The molecule has 3 rings (SSSR count). The van der Waals surface area contributed by atoms with Crippen molar-refractivity contribution in [1.82, 2.24) is 9.78 Å². The molecule has 0 aliphatic heterocycles. The van der Waals surface area contributed by atoms with Crippen molar-refractivity contribution in [1.29, 1.82) is 0 Å². The fraction of sp³-hybridized carbons (Fsp3) is 0.200. The van der Waals surface area contributed by atoms with Crippen LogP contribution in [0.15, 0.2) is 57.9 Å². The van der Waals surface area contributed by atoms with Gasteiger partial charge in [0.25, 0.3) is 0 Å². The SMILES string of the molecule is Cc1ccc(-n2nc(C)c(NC(=O)CSc3ccc(Br)cc3)c2C)cc1. The van der Waals surface area contributed by atoms with Crippen molar-refractivity contribution < 1.29 is 4.79 Å². The molecule has 0 radical (unpaired) electrons. The second-order valence-electron chi connectivity index (χ2n) is 6.08. The average molecular weight is 430 g/mol. The second-order valence-corrected chi connectivity index (χ2v) is 8.05. The van der Waals surface area contributed by atoms with Crippen molar-refractivity contribution in [2.45, 2.75) is 25.7 Å². The number of halogens is 1. The van der Waals surface area contributed by atoms with Crippen molar-refractivity contribution in [3.05, 3.63) is 70.0 Å². The first-order valence-corrected chi connectivity index (χ1v) is 10.0. The van der Waals surface area contributed by atoms with Gasteiger partial charge in [-0.15, -0.1) is 11.8 Å². The van der Waals surface area contributed by atoms with E-state index in [2.05, 4.69) is 45.4 Å². The summed E-state index contributed by atoms with van der Waals surface area (Å²) in [5, 5.41) is 7.59. The van der Waals surface area contributed by atoms with Crippen molar-refractivity contribution >= 4 is 39.3 Å². The molecule has 0 bridgehead atoms. The minimum Gasteiger partial charge on any atom is -0.322 e. The molecule has 3 aromatic rings. The number of carbonyl (C=O) groups excluding carboxylic acids is 1. The van der Waals surface area contributed by atoms with Crippen LogP contribution in [0.25, 0.3) is 5.69 Å². The summed E-state index contributed by atoms with van der Waals surface area (Å²) < 4.78 is 2.90. The molecule has 0 saturated heterocycles. The van der Waals surface area contributed by atoms with Gasteiger partial charge in [0.15, 0.2) is 0 Å². The van der Waals surface area contributed by atoms with Crippen LogP contribution in [-0.4, -0.2) is 21.4 Å². The molecule has 1 aromatic heterocycles. The highest BCUT2D eigenvalue weighted by Crippen LogP contribution is 2.24. The van der Waals surface area contributed by atoms with Gasteiger partial charge in [-0.3, -0.25) is 4.79 Å². The number of nitrogens with one attached hydrogen (secondary N) is 1. The molecular formula is C20H20BrN3OS. The van der Waals surface area contributed by atoms with Gasteiger partial charge < -0.3 is 5.32 Å². The van der Waals surface area contributed by atoms with E-state index in [1.807, 2.05) is 54.9 Å². The molecule has 0 unspecified atom stereocenters. The molecule has 0 aliphatic carbocycles. The van der Waals surface area contributed by atoms with E-state index < -0.39 is 0 Å². The largest absolute Gasteiger partial charge is 0.322 e. The number of anilines is 1. The summed E-state index contributed by atoms with van der Waals surface area (Å²) in [5.74, 6) is 0.323. The molecule has 0 fully saturated rings. The van der Waals surface area contributed by atoms with Crippen LogP contribution >= 0.6 is 27.7 Å². The molecule has 2 aromatic carbocycles. The Morgan fingerprint density at radius 1 is 1.08 bits per heavy atom. The maximum absolute atomic E-state index is 12.4. The minimum absolute atomic E-state index is 0.0347. The zero-order chi connectivity index (χ0) is 18.7. The molecule has 0 saturated carbocycles. The van der Waals surface area contributed by atoms with Crippen molar-refractivity contribution in [2.24, 2.45) is 0 Å². The van der Waals surface area contributed by atoms with Crippen LogP contribution in [0.5, 0.6) is 0 Å². The maximum atomic E-state index is 12.4. The molecule has 4 nitrogen and oxygen atoms in total. The van der Waals surface area contributed by atoms with E-state index in [9.17, 15) is 4.79 Å². The fourth-order valence-electron chi connectivity index (χ4n) is 2.62. The molecule has 1 amide bonds. The van der Waals surface area contributed by atoms with E-state index in [0.29, 0.717) is 5.75 Å². The van der Waals surface area contributed by atoms with Crippen LogP contribution in [0.2, 0.25) is 0 Å². The van der Waals surface area contributed by atoms with E-state index in [4.69, 9.17) is 0 Å². The van der Waals surface area contributed by atoms with E-state index in [1.54, 1.807) is 0 Å². The van der Waals surface area contributed by atoms with Crippen LogP contribution in [0.3, 0.4) is 0 Å². The Morgan fingerprint density at radius 3 is 2.38 bits per heavy atom. The van der Waals surface area contributed by atoms with Gasteiger partial charge in [0, 0.05) is 9.37 Å². The number of benzene rings is 2. The first kappa shape index (κ1) is 18.7. The number of aromatic nitrogens is 2. The number of rotatable bonds is 5. The summed E-state index contributed by atoms with van der Waals surface area (Å²) in [6, 6.07) is 16.1. The summed E-state index contributed by atoms with van der Waals surface area (Å²) in [4.78, 5) is 13.4.